The second-order valence-electron chi connectivity index (χ2n) is 6.23. The highest BCUT2D eigenvalue weighted by molar-refractivity contribution is 5.74. The van der Waals surface area contributed by atoms with Crippen molar-refractivity contribution in [3.8, 4) is 28.5 Å². The number of esters is 1. The summed E-state index contributed by atoms with van der Waals surface area (Å²) in [5.41, 5.74) is 6.35. The summed E-state index contributed by atoms with van der Waals surface area (Å²) in [6.45, 7) is 3.67. The number of hydrogen-bond donors (Lipinski definition) is 0. The van der Waals surface area contributed by atoms with Crippen LogP contribution in [0.5, 0.6) is 0 Å². The number of rotatable bonds is 4. The molecule has 134 valence electrons. The topological polar surface area (TPSA) is 75.9 Å². The predicted molar refractivity (Wildman–Crippen MR) is 103 cm³/mol. The second kappa shape index (κ2) is 7.79. The van der Waals surface area contributed by atoms with E-state index in [0.717, 1.165) is 27.9 Å². The van der Waals surface area contributed by atoms with Crippen LogP contribution in [0.15, 0.2) is 48.5 Å². The summed E-state index contributed by atoms with van der Waals surface area (Å²) in [7, 11) is 1.39. The number of carbonyl (C=O) groups is 1. The summed E-state index contributed by atoms with van der Waals surface area (Å²) in [6, 6.07) is 17.8. The van der Waals surface area contributed by atoms with Gasteiger partial charge in [0.25, 0.3) is 0 Å². The first-order valence-corrected chi connectivity index (χ1v) is 8.53. The van der Waals surface area contributed by atoms with Crippen LogP contribution in [0.3, 0.4) is 0 Å². The largest absolute Gasteiger partial charge is 0.469 e. The van der Waals surface area contributed by atoms with E-state index in [0.29, 0.717) is 17.1 Å². The molecule has 0 bridgehead atoms. The third kappa shape index (κ3) is 4.01. The zero-order chi connectivity index (χ0) is 19.4. The molecule has 0 spiro atoms. The predicted octanol–water partition coefficient (Wildman–Crippen LogP) is 4.01. The monoisotopic (exact) mass is 357 g/mol. The van der Waals surface area contributed by atoms with Gasteiger partial charge in [0.15, 0.2) is 5.69 Å². The van der Waals surface area contributed by atoms with E-state index in [1.165, 1.54) is 7.11 Å². The quantitative estimate of drug-likeness (QED) is 0.659. The van der Waals surface area contributed by atoms with Crippen molar-refractivity contribution < 1.29 is 9.53 Å². The Morgan fingerprint density at radius 1 is 1.00 bits per heavy atom. The SMILES string of the molecule is COC(=O)Cc1cccc(-c2ccc(-c3nc(C#N)c(C)nc3C)cc2)c1. The third-order valence-corrected chi connectivity index (χ3v) is 4.35. The van der Waals surface area contributed by atoms with Gasteiger partial charge in [-0.25, -0.2) is 4.98 Å². The Kier molecular flexibility index (Phi) is 5.28. The Morgan fingerprint density at radius 2 is 1.70 bits per heavy atom. The summed E-state index contributed by atoms with van der Waals surface area (Å²) in [5, 5.41) is 9.19. The van der Waals surface area contributed by atoms with Crippen LogP contribution in [0.4, 0.5) is 0 Å². The Morgan fingerprint density at radius 3 is 2.37 bits per heavy atom. The Bertz CT molecular complexity index is 1030. The standard InChI is InChI=1S/C22H19N3O2/c1-14-20(13-23)25-22(15(2)24-14)18-9-7-17(8-10-18)19-6-4-5-16(11-19)12-21(26)27-3/h4-11H,12H2,1-3H3. The highest BCUT2D eigenvalue weighted by Crippen LogP contribution is 2.26. The van der Waals surface area contributed by atoms with Crippen LogP contribution in [0.2, 0.25) is 0 Å². The molecular weight excluding hydrogens is 338 g/mol. The number of aromatic nitrogens is 2. The van der Waals surface area contributed by atoms with Crippen molar-refractivity contribution in [1.29, 1.82) is 5.26 Å². The van der Waals surface area contributed by atoms with E-state index in [9.17, 15) is 10.1 Å². The minimum absolute atomic E-state index is 0.248. The number of hydrogen-bond acceptors (Lipinski definition) is 5. The molecule has 0 atom stereocenters. The third-order valence-electron chi connectivity index (χ3n) is 4.35. The fourth-order valence-electron chi connectivity index (χ4n) is 2.93. The summed E-state index contributed by atoms with van der Waals surface area (Å²) in [6.07, 6.45) is 0.248. The van der Waals surface area contributed by atoms with Gasteiger partial charge >= 0.3 is 5.97 Å². The summed E-state index contributed by atoms with van der Waals surface area (Å²) in [5.74, 6) is -0.260. The summed E-state index contributed by atoms with van der Waals surface area (Å²) < 4.78 is 4.73. The fraction of sp³-hybridized carbons (Fsp3) is 0.182. The van der Waals surface area contributed by atoms with E-state index in [-0.39, 0.29) is 12.4 Å². The average Bonchev–Trinajstić information content (AvgIpc) is 2.68. The normalized spacial score (nSPS) is 10.3. The van der Waals surface area contributed by atoms with Crippen molar-refractivity contribution in [1.82, 2.24) is 9.97 Å². The number of carbonyl (C=O) groups excluding carboxylic acids is 1. The maximum absolute atomic E-state index is 11.5. The van der Waals surface area contributed by atoms with Gasteiger partial charge in [0.05, 0.1) is 30.6 Å². The molecule has 2 aromatic carbocycles. The molecule has 0 aliphatic carbocycles. The molecule has 3 aromatic rings. The van der Waals surface area contributed by atoms with Crippen LogP contribution in [-0.4, -0.2) is 23.0 Å². The summed E-state index contributed by atoms with van der Waals surface area (Å²) >= 11 is 0. The van der Waals surface area contributed by atoms with Gasteiger partial charge < -0.3 is 4.74 Å². The van der Waals surface area contributed by atoms with E-state index in [2.05, 4.69) is 16.0 Å². The van der Waals surface area contributed by atoms with Crippen molar-refractivity contribution in [3.05, 3.63) is 71.2 Å². The first-order valence-electron chi connectivity index (χ1n) is 8.53. The Labute approximate surface area is 158 Å². The van der Waals surface area contributed by atoms with Gasteiger partial charge in [0, 0.05) is 5.56 Å². The van der Waals surface area contributed by atoms with Crippen molar-refractivity contribution in [3.63, 3.8) is 0 Å². The lowest BCUT2D eigenvalue weighted by Crippen LogP contribution is -2.04. The lowest BCUT2D eigenvalue weighted by atomic mass is 9.99. The van der Waals surface area contributed by atoms with Gasteiger partial charge in [-0.2, -0.15) is 5.26 Å². The molecule has 1 heterocycles. The fourth-order valence-corrected chi connectivity index (χ4v) is 2.93. The van der Waals surface area contributed by atoms with Crippen LogP contribution in [-0.2, 0) is 16.0 Å². The number of methoxy groups -OCH3 is 1. The Balaban J connectivity index is 1.92. The van der Waals surface area contributed by atoms with Crippen molar-refractivity contribution in [2.24, 2.45) is 0 Å². The first-order chi connectivity index (χ1) is 13.0. The highest BCUT2D eigenvalue weighted by Gasteiger charge is 2.10. The van der Waals surface area contributed by atoms with Crippen molar-refractivity contribution in [2.75, 3.05) is 7.11 Å². The minimum Gasteiger partial charge on any atom is -0.469 e. The molecule has 0 saturated heterocycles. The number of nitrogens with zero attached hydrogens (tertiary/aromatic N) is 3. The zero-order valence-corrected chi connectivity index (χ0v) is 15.5. The smallest absolute Gasteiger partial charge is 0.309 e. The van der Waals surface area contributed by atoms with Crippen LogP contribution in [0, 0.1) is 25.2 Å². The second-order valence-corrected chi connectivity index (χ2v) is 6.23. The number of aryl methyl sites for hydroxylation is 2. The molecule has 0 aliphatic rings. The van der Waals surface area contributed by atoms with Crippen LogP contribution in [0.25, 0.3) is 22.4 Å². The van der Waals surface area contributed by atoms with Crippen LogP contribution < -0.4 is 0 Å². The van der Waals surface area contributed by atoms with E-state index >= 15 is 0 Å². The molecule has 0 aliphatic heterocycles. The lowest BCUT2D eigenvalue weighted by Gasteiger charge is -2.09. The molecule has 0 radical (unpaired) electrons. The molecular formula is C22H19N3O2. The molecule has 0 fully saturated rings. The average molecular weight is 357 g/mol. The molecule has 1 aromatic heterocycles. The number of benzene rings is 2. The molecule has 5 nitrogen and oxygen atoms in total. The van der Waals surface area contributed by atoms with Crippen molar-refractivity contribution >= 4 is 5.97 Å². The molecule has 3 rings (SSSR count). The van der Waals surface area contributed by atoms with E-state index in [4.69, 9.17) is 4.74 Å². The maximum Gasteiger partial charge on any atom is 0.309 e. The van der Waals surface area contributed by atoms with Crippen LogP contribution in [0.1, 0.15) is 22.6 Å². The number of ether oxygens (including phenoxy) is 1. The lowest BCUT2D eigenvalue weighted by molar-refractivity contribution is -0.139. The van der Waals surface area contributed by atoms with Crippen molar-refractivity contribution in [2.45, 2.75) is 20.3 Å². The number of nitriles is 1. The van der Waals surface area contributed by atoms with Gasteiger partial charge in [-0.05, 0) is 30.5 Å². The minimum atomic E-state index is -0.260. The van der Waals surface area contributed by atoms with E-state index < -0.39 is 0 Å². The van der Waals surface area contributed by atoms with Gasteiger partial charge in [-0.15, -0.1) is 0 Å². The molecule has 0 N–H and O–H groups in total. The molecule has 27 heavy (non-hydrogen) atoms. The molecule has 0 amide bonds. The van der Waals surface area contributed by atoms with Gasteiger partial charge in [0.1, 0.15) is 6.07 Å². The van der Waals surface area contributed by atoms with E-state index in [1.807, 2.05) is 55.5 Å². The van der Waals surface area contributed by atoms with Gasteiger partial charge in [0.2, 0.25) is 0 Å². The molecule has 0 unspecified atom stereocenters. The first kappa shape index (κ1) is 18.3. The Hall–Kier alpha value is -3.52. The summed E-state index contributed by atoms with van der Waals surface area (Å²) in [4.78, 5) is 20.3. The molecule has 0 saturated carbocycles. The van der Waals surface area contributed by atoms with E-state index in [1.54, 1.807) is 6.92 Å². The zero-order valence-electron chi connectivity index (χ0n) is 15.5. The van der Waals surface area contributed by atoms with Crippen LogP contribution >= 0.6 is 0 Å². The molecule has 5 heteroatoms. The maximum atomic E-state index is 11.5. The van der Waals surface area contributed by atoms with Gasteiger partial charge in [-0.3, -0.25) is 9.78 Å². The van der Waals surface area contributed by atoms with Gasteiger partial charge in [-0.1, -0.05) is 48.5 Å². The highest BCUT2D eigenvalue weighted by atomic mass is 16.5.